The normalized spacial score (nSPS) is 11.5. The van der Waals surface area contributed by atoms with Gasteiger partial charge in [0, 0.05) is 18.6 Å². The Kier molecular flexibility index (Phi) is 20.0. The summed E-state index contributed by atoms with van der Waals surface area (Å²) in [7, 11) is 0. The molecule has 3 nitrogen and oxygen atoms in total. The van der Waals surface area contributed by atoms with E-state index in [1.54, 1.807) is 0 Å². The molecule has 3 rings (SSSR count). The Hall–Kier alpha value is -1.62. The van der Waals surface area contributed by atoms with Gasteiger partial charge in [0.05, 0.1) is 35.2 Å². The van der Waals surface area contributed by atoms with E-state index in [0.29, 0.717) is 35.5 Å². The number of aromatic nitrogens is 1. The van der Waals surface area contributed by atoms with Gasteiger partial charge in [0.15, 0.2) is 0 Å². The molecule has 0 aliphatic carbocycles. The minimum Gasteiger partial charge on any atom is -1.00 e. The number of halogens is 3. The zero-order valence-corrected chi connectivity index (χ0v) is 32.2. The maximum absolute atomic E-state index is 5.05. The molecule has 0 amide bonds. The third kappa shape index (κ3) is 11.3. The van der Waals surface area contributed by atoms with Crippen molar-refractivity contribution in [2.75, 3.05) is 0 Å². The molecule has 0 N–H and O–H groups in total. The Labute approximate surface area is 298 Å². The first kappa shape index (κ1) is 44.5. The van der Waals surface area contributed by atoms with Crippen LogP contribution >= 0.6 is 0 Å². The van der Waals surface area contributed by atoms with Gasteiger partial charge in [-0.1, -0.05) is 113 Å². The first-order chi connectivity index (χ1) is 18.8. The zero-order chi connectivity index (χ0) is 29.7. The number of hydrogen-bond acceptors (Lipinski definition) is 3. The largest absolute Gasteiger partial charge is 1.00 e. The van der Waals surface area contributed by atoms with Crippen molar-refractivity contribution in [2.45, 2.75) is 119 Å². The fourth-order valence-electron chi connectivity index (χ4n) is 5.01. The predicted octanol–water partition coefficient (Wildman–Crippen LogP) is 2.33. The second-order valence-corrected chi connectivity index (χ2v) is 13.0. The van der Waals surface area contributed by atoms with Gasteiger partial charge in [-0.3, -0.25) is 9.98 Å². The number of nitrogens with zero attached hydrogens (tertiary/aromatic N) is 3. The molecule has 0 aliphatic heterocycles. The molecule has 44 heavy (non-hydrogen) atoms. The van der Waals surface area contributed by atoms with Crippen LogP contribution in [0.1, 0.15) is 163 Å². The van der Waals surface area contributed by atoms with E-state index in [4.69, 9.17) is 15.0 Å². The summed E-state index contributed by atoms with van der Waals surface area (Å²) in [5, 5.41) is 0. The van der Waals surface area contributed by atoms with E-state index in [0.717, 1.165) is 22.8 Å². The van der Waals surface area contributed by atoms with Crippen molar-refractivity contribution < 1.29 is 55.8 Å². The molecule has 0 spiro atoms. The summed E-state index contributed by atoms with van der Waals surface area (Å²) >= 11 is 0. The van der Waals surface area contributed by atoms with Crippen molar-refractivity contribution >= 4 is 23.8 Å². The van der Waals surface area contributed by atoms with Crippen LogP contribution in [0.4, 0.5) is 11.4 Å². The van der Waals surface area contributed by atoms with Crippen molar-refractivity contribution in [2.24, 2.45) is 9.98 Å². The Morgan fingerprint density at radius 3 is 0.977 bits per heavy atom. The van der Waals surface area contributed by atoms with Crippen LogP contribution in [0.3, 0.4) is 0 Å². The van der Waals surface area contributed by atoms with Gasteiger partial charge in [-0.15, -0.1) is 0 Å². The fraction of sp³-hybridized carbons (Fsp3) is 0.486. The Morgan fingerprint density at radius 2 is 0.750 bits per heavy atom. The van der Waals surface area contributed by atoms with Gasteiger partial charge in [-0.2, -0.15) is 0 Å². The Morgan fingerprint density at radius 1 is 0.477 bits per heavy atom. The van der Waals surface area contributed by atoms with Crippen LogP contribution in [-0.2, 0) is 18.6 Å². The van der Waals surface area contributed by atoms with Crippen molar-refractivity contribution in [3.8, 4) is 0 Å². The SMILES string of the molecule is CC(C)c1cc(C(C)C)c(N=Cc2cccc(C=Nc3c(C(C)C)cc(C(C)C)cc3C(C)C)n2)c(C(C)C)c1.[Cl-].[Cl-].[Cl-].[V]. The van der Waals surface area contributed by atoms with Crippen molar-refractivity contribution in [3.05, 3.63) is 87.2 Å². The van der Waals surface area contributed by atoms with Crippen molar-refractivity contribution in [1.29, 1.82) is 0 Å². The van der Waals surface area contributed by atoms with Gasteiger partial charge in [0.1, 0.15) is 0 Å². The first-order valence-electron chi connectivity index (χ1n) is 15.2. The summed E-state index contributed by atoms with van der Waals surface area (Å²) in [5.74, 6) is 2.54. The minimum absolute atomic E-state index is 0. The van der Waals surface area contributed by atoms with Gasteiger partial charge in [-0.25, -0.2) is 4.98 Å². The van der Waals surface area contributed by atoms with Crippen LogP contribution in [0.2, 0.25) is 0 Å². The molecule has 0 saturated carbocycles. The molecule has 0 fully saturated rings. The summed E-state index contributed by atoms with van der Waals surface area (Å²) < 4.78 is 0. The van der Waals surface area contributed by atoms with Crippen LogP contribution in [0.5, 0.6) is 0 Å². The molecule has 1 aromatic heterocycles. The van der Waals surface area contributed by atoms with E-state index in [9.17, 15) is 0 Å². The topological polar surface area (TPSA) is 37.6 Å². The maximum Gasteiger partial charge on any atom is 0.0820 e. The number of benzene rings is 2. The molecular formula is C37H51Cl3N3V-3. The second-order valence-electron chi connectivity index (χ2n) is 13.0. The van der Waals surface area contributed by atoms with E-state index in [-0.39, 0.29) is 55.8 Å². The molecule has 0 bridgehead atoms. The quantitative estimate of drug-likeness (QED) is 0.301. The fourth-order valence-corrected chi connectivity index (χ4v) is 5.01. The zero-order valence-electron chi connectivity index (χ0n) is 28.6. The third-order valence-electron chi connectivity index (χ3n) is 7.65. The maximum atomic E-state index is 5.05. The Balaban J connectivity index is 0. The van der Waals surface area contributed by atoms with Crippen LogP contribution in [0.25, 0.3) is 0 Å². The van der Waals surface area contributed by atoms with Gasteiger partial charge in [-0.05, 0) is 81.0 Å². The average Bonchev–Trinajstić information content (AvgIpc) is 2.89. The standard InChI is InChI=1S/C37H51N3.3ClH.V/c1-22(2)28-16-32(24(5)6)36(33(17-28)25(7)8)38-20-30-14-13-15-31(40-30)21-39-37-34(26(9)10)18-29(23(3)4)19-35(37)27(11)12;;;;/h13-27H,1-12H3;3*1H;/p-3. The molecule has 0 aliphatic rings. The molecule has 1 heterocycles. The molecule has 7 heteroatoms. The summed E-state index contributed by atoms with van der Waals surface area (Å²) in [6, 6.07) is 15.4. The summed E-state index contributed by atoms with van der Waals surface area (Å²) in [4.78, 5) is 15.0. The minimum atomic E-state index is 0. The third-order valence-corrected chi connectivity index (χ3v) is 7.65. The van der Waals surface area contributed by atoms with Crippen molar-refractivity contribution in [1.82, 2.24) is 4.98 Å². The second kappa shape index (κ2) is 19.8. The van der Waals surface area contributed by atoms with E-state index in [2.05, 4.69) is 107 Å². The number of pyridine rings is 1. The molecule has 0 saturated heterocycles. The number of aliphatic imine (C=N–C) groups is 2. The summed E-state index contributed by atoms with van der Waals surface area (Å²) in [5.41, 5.74) is 11.8. The van der Waals surface area contributed by atoms with E-state index >= 15 is 0 Å². The van der Waals surface area contributed by atoms with Gasteiger partial charge in [0.2, 0.25) is 0 Å². The van der Waals surface area contributed by atoms with E-state index in [1.807, 2.05) is 30.6 Å². The van der Waals surface area contributed by atoms with Crippen LogP contribution in [0.15, 0.2) is 52.4 Å². The van der Waals surface area contributed by atoms with Gasteiger partial charge >= 0.3 is 0 Å². The van der Waals surface area contributed by atoms with Crippen LogP contribution < -0.4 is 37.2 Å². The smallest absolute Gasteiger partial charge is 0.0820 e. The molecule has 2 aromatic carbocycles. The van der Waals surface area contributed by atoms with Crippen LogP contribution in [0, 0.1) is 0 Å². The summed E-state index contributed by atoms with van der Waals surface area (Å²) in [6.07, 6.45) is 3.83. The summed E-state index contributed by atoms with van der Waals surface area (Å²) in [6.45, 7) is 27.1. The molecular weight excluding hydrogens is 644 g/mol. The molecule has 0 unspecified atom stereocenters. The molecule has 3 aromatic rings. The van der Waals surface area contributed by atoms with E-state index < -0.39 is 0 Å². The van der Waals surface area contributed by atoms with E-state index in [1.165, 1.54) is 33.4 Å². The van der Waals surface area contributed by atoms with Crippen molar-refractivity contribution in [3.63, 3.8) is 0 Å². The van der Waals surface area contributed by atoms with Crippen LogP contribution in [-0.4, -0.2) is 17.4 Å². The Bertz CT molecular complexity index is 1220. The average molecular weight is 695 g/mol. The monoisotopic (exact) mass is 693 g/mol. The number of hydrogen-bond donors (Lipinski definition) is 0. The molecule has 0 atom stereocenters. The van der Waals surface area contributed by atoms with Gasteiger partial charge in [0.25, 0.3) is 0 Å². The molecule has 1 radical (unpaired) electrons. The predicted molar refractivity (Wildman–Crippen MR) is 176 cm³/mol. The van der Waals surface area contributed by atoms with Gasteiger partial charge < -0.3 is 37.2 Å². The first-order valence-corrected chi connectivity index (χ1v) is 15.2. The number of rotatable bonds is 10. The molecule has 243 valence electrons.